The molecule has 0 saturated carbocycles. The van der Waals surface area contributed by atoms with Crippen molar-refractivity contribution in [2.24, 2.45) is 0 Å². The zero-order valence-corrected chi connectivity index (χ0v) is 9.36. The summed E-state index contributed by atoms with van der Waals surface area (Å²) in [5.74, 6) is 0.0554. The second-order valence-electron chi connectivity index (χ2n) is 4.02. The van der Waals surface area contributed by atoms with Crippen molar-refractivity contribution in [1.82, 2.24) is 20.6 Å². The van der Waals surface area contributed by atoms with Gasteiger partial charge in [-0.25, -0.2) is 0 Å². The number of carbonyl (C=O) groups is 1. The molecule has 1 atom stereocenters. The highest BCUT2D eigenvalue weighted by Gasteiger charge is 2.21. The van der Waals surface area contributed by atoms with Crippen LogP contribution < -0.4 is 10.6 Å². The van der Waals surface area contributed by atoms with Gasteiger partial charge in [-0.1, -0.05) is 0 Å². The minimum atomic E-state index is -0.0293. The Morgan fingerprint density at radius 3 is 3.06 bits per heavy atom. The van der Waals surface area contributed by atoms with Crippen LogP contribution >= 0.6 is 0 Å². The van der Waals surface area contributed by atoms with Crippen molar-refractivity contribution in [3.8, 4) is 0 Å². The van der Waals surface area contributed by atoms with Crippen LogP contribution in [0.1, 0.15) is 24.2 Å². The van der Waals surface area contributed by atoms with E-state index in [0.29, 0.717) is 6.54 Å². The summed E-state index contributed by atoms with van der Waals surface area (Å²) in [6.07, 6.45) is 5.39. The smallest absolute Gasteiger partial charge is 0.237 e. The van der Waals surface area contributed by atoms with Gasteiger partial charge in [-0.2, -0.15) is 0 Å². The summed E-state index contributed by atoms with van der Waals surface area (Å²) < 4.78 is 0. The Morgan fingerprint density at radius 1 is 1.56 bits per heavy atom. The Balaban J connectivity index is 1.82. The largest absolute Gasteiger partial charge is 0.349 e. The number of amides is 1. The van der Waals surface area contributed by atoms with Gasteiger partial charge in [-0.3, -0.25) is 14.8 Å². The van der Waals surface area contributed by atoms with Gasteiger partial charge in [0.1, 0.15) is 0 Å². The molecule has 2 N–H and O–H groups in total. The molecule has 2 heterocycles. The minimum Gasteiger partial charge on any atom is -0.349 e. The van der Waals surface area contributed by atoms with Gasteiger partial charge in [0.15, 0.2) is 0 Å². The minimum absolute atomic E-state index is 0.0293. The third-order valence-electron chi connectivity index (χ3n) is 2.65. The molecule has 1 aliphatic heterocycles. The molecule has 1 aliphatic rings. The lowest BCUT2D eigenvalue weighted by Gasteiger charge is -2.10. The summed E-state index contributed by atoms with van der Waals surface area (Å²) in [6.45, 7) is 3.27. The zero-order valence-electron chi connectivity index (χ0n) is 9.36. The van der Waals surface area contributed by atoms with Crippen LogP contribution in [0.4, 0.5) is 0 Å². The quantitative estimate of drug-likeness (QED) is 0.761. The third kappa shape index (κ3) is 2.76. The van der Waals surface area contributed by atoms with E-state index >= 15 is 0 Å². The number of aromatic nitrogens is 2. The van der Waals surface area contributed by atoms with Crippen LogP contribution in [-0.4, -0.2) is 28.5 Å². The van der Waals surface area contributed by atoms with Crippen LogP contribution in [-0.2, 0) is 11.3 Å². The number of carbonyl (C=O) groups excluding carboxylic acids is 1. The fourth-order valence-corrected chi connectivity index (χ4v) is 1.72. The molecule has 0 aliphatic carbocycles. The first-order valence-electron chi connectivity index (χ1n) is 5.54. The van der Waals surface area contributed by atoms with Crippen LogP contribution in [0.5, 0.6) is 0 Å². The van der Waals surface area contributed by atoms with Crippen molar-refractivity contribution in [1.29, 1.82) is 0 Å². The average Bonchev–Trinajstić information content (AvgIpc) is 2.81. The predicted molar refractivity (Wildman–Crippen MR) is 59.6 cm³/mol. The molecule has 0 spiro atoms. The Hall–Kier alpha value is -1.49. The summed E-state index contributed by atoms with van der Waals surface area (Å²) in [5.41, 5.74) is 1.67. The number of nitrogens with one attached hydrogen (secondary N) is 2. The Labute approximate surface area is 94.7 Å². The first kappa shape index (κ1) is 11.0. The van der Waals surface area contributed by atoms with Crippen LogP contribution in [0, 0.1) is 6.92 Å². The second-order valence-corrected chi connectivity index (χ2v) is 4.02. The number of nitrogens with zero attached hydrogens (tertiary/aromatic N) is 2. The Kier molecular flexibility index (Phi) is 3.46. The van der Waals surface area contributed by atoms with E-state index < -0.39 is 0 Å². The first-order valence-corrected chi connectivity index (χ1v) is 5.54. The van der Waals surface area contributed by atoms with E-state index in [2.05, 4.69) is 20.6 Å². The SMILES string of the molecule is Cc1cnc(CNC(=O)[C@H]2CCCN2)cn1. The van der Waals surface area contributed by atoms with Gasteiger partial charge in [0.2, 0.25) is 5.91 Å². The second kappa shape index (κ2) is 5.03. The molecule has 1 aromatic heterocycles. The third-order valence-corrected chi connectivity index (χ3v) is 2.65. The number of rotatable bonds is 3. The lowest BCUT2D eigenvalue weighted by molar-refractivity contribution is -0.122. The van der Waals surface area contributed by atoms with Crippen molar-refractivity contribution >= 4 is 5.91 Å². The van der Waals surface area contributed by atoms with Crippen LogP contribution in [0.3, 0.4) is 0 Å². The maximum atomic E-state index is 11.7. The highest BCUT2D eigenvalue weighted by molar-refractivity contribution is 5.81. The summed E-state index contributed by atoms with van der Waals surface area (Å²) in [7, 11) is 0. The van der Waals surface area contributed by atoms with Crippen LogP contribution in [0.2, 0.25) is 0 Å². The van der Waals surface area contributed by atoms with Crippen molar-refractivity contribution in [2.75, 3.05) is 6.54 Å². The van der Waals surface area contributed by atoms with Gasteiger partial charge in [-0.05, 0) is 26.3 Å². The van der Waals surface area contributed by atoms with E-state index in [4.69, 9.17) is 0 Å². The van der Waals surface area contributed by atoms with Gasteiger partial charge in [0.25, 0.3) is 0 Å². The van der Waals surface area contributed by atoms with Gasteiger partial charge in [0, 0.05) is 6.20 Å². The first-order chi connectivity index (χ1) is 7.75. The van der Waals surface area contributed by atoms with Gasteiger partial charge >= 0.3 is 0 Å². The van der Waals surface area contributed by atoms with Gasteiger partial charge < -0.3 is 10.6 Å². The predicted octanol–water partition coefficient (Wildman–Crippen LogP) is 0.153. The van der Waals surface area contributed by atoms with E-state index in [0.717, 1.165) is 30.8 Å². The molecule has 1 fully saturated rings. The van der Waals surface area contributed by atoms with Crippen molar-refractivity contribution < 1.29 is 4.79 Å². The molecule has 1 aromatic rings. The molecule has 0 radical (unpaired) electrons. The van der Waals surface area contributed by atoms with Crippen LogP contribution in [0.25, 0.3) is 0 Å². The normalized spacial score (nSPS) is 19.7. The van der Waals surface area contributed by atoms with Gasteiger partial charge in [-0.15, -0.1) is 0 Å². The van der Waals surface area contributed by atoms with Crippen molar-refractivity contribution in [2.45, 2.75) is 32.4 Å². The molecule has 1 amide bonds. The molecule has 2 rings (SSSR count). The Bertz CT molecular complexity index is 357. The highest BCUT2D eigenvalue weighted by atomic mass is 16.2. The maximum Gasteiger partial charge on any atom is 0.237 e. The lowest BCUT2D eigenvalue weighted by atomic mass is 10.2. The molecule has 5 nitrogen and oxygen atoms in total. The fraction of sp³-hybridized carbons (Fsp3) is 0.545. The molecule has 0 bridgehead atoms. The summed E-state index contributed by atoms with van der Waals surface area (Å²) in [4.78, 5) is 20.0. The lowest BCUT2D eigenvalue weighted by Crippen LogP contribution is -2.40. The number of hydrogen-bond acceptors (Lipinski definition) is 4. The van der Waals surface area contributed by atoms with Gasteiger partial charge in [0.05, 0.1) is 30.2 Å². The summed E-state index contributed by atoms with van der Waals surface area (Å²) in [6, 6.07) is -0.0293. The van der Waals surface area contributed by atoms with E-state index in [1.807, 2.05) is 6.92 Å². The van der Waals surface area contributed by atoms with E-state index in [-0.39, 0.29) is 11.9 Å². The molecular weight excluding hydrogens is 204 g/mol. The molecule has 16 heavy (non-hydrogen) atoms. The number of hydrogen-bond donors (Lipinski definition) is 2. The highest BCUT2D eigenvalue weighted by Crippen LogP contribution is 2.04. The molecule has 0 unspecified atom stereocenters. The van der Waals surface area contributed by atoms with E-state index in [1.54, 1.807) is 12.4 Å². The fourth-order valence-electron chi connectivity index (χ4n) is 1.72. The van der Waals surface area contributed by atoms with Crippen LogP contribution in [0.15, 0.2) is 12.4 Å². The van der Waals surface area contributed by atoms with Crippen molar-refractivity contribution in [3.63, 3.8) is 0 Å². The Morgan fingerprint density at radius 2 is 2.44 bits per heavy atom. The van der Waals surface area contributed by atoms with Crippen molar-refractivity contribution in [3.05, 3.63) is 23.8 Å². The standard InChI is InChI=1S/C11H16N4O/c1-8-5-14-9(6-13-8)7-15-11(16)10-3-2-4-12-10/h5-6,10,12H,2-4,7H2,1H3,(H,15,16)/t10-/m1/s1. The average molecular weight is 220 g/mol. The monoisotopic (exact) mass is 220 g/mol. The van der Waals surface area contributed by atoms with E-state index in [1.165, 1.54) is 0 Å². The molecule has 1 saturated heterocycles. The molecular formula is C11H16N4O. The van der Waals surface area contributed by atoms with E-state index in [9.17, 15) is 4.79 Å². The molecule has 86 valence electrons. The summed E-state index contributed by atoms with van der Waals surface area (Å²) >= 11 is 0. The molecule has 0 aromatic carbocycles. The maximum absolute atomic E-state index is 11.7. The number of aryl methyl sites for hydroxylation is 1. The summed E-state index contributed by atoms with van der Waals surface area (Å²) in [5, 5.41) is 6.01. The zero-order chi connectivity index (χ0) is 11.4. The topological polar surface area (TPSA) is 66.9 Å². The molecule has 5 heteroatoms.